The predicted octanol–water partition coefficient (Wildman–Crippen LogP) is 6.13. The van der Waals surface area contributed by atoms with Gasteiger partial charge in [0.05, 0.1) is 11.0 Å². The average Bonchev–Trinajstić information content (AvgIpc) is 3.12. The van der Waals surface area contributed by atoms with E-state index in [-0.39, 0.29) is 12.8 Å². The molecule has 2 aromatic carbocycles. The Morgan fingerprint density at radius 3 is 2.55 bits per heavy atom. The molecule has 6 heteroatoms. The van der Waals surface area contributed by atoms with Gasteiger partial charge in [-0.05, 0) is 29.8 Å². The molecule has 1 aliphatic rings. The second-order valence-corrected chi connectivity index (χ2v) is 8.07. The van der Waals surface area contributed by atoms with Gasteiger partial charge in [-0.3, -0.25) is 0 Å². The quantitative estimate of drug-likeness (QED) is 0.404. The molecular formula is C23H20ClF2N3. The Balaban J connectivity index is 1.64. The van der Waals surface area contributed by atoms with Crippen LogP contribution in [0.25, 0.3) is 21.8 Å². The second kappa shape index (κ2) is 6.99. The summed E-state index contributed by atoms with van der Waals surface area (Å²) < 4.78 is 29.5. The molecule has 0 aliphatic carbocycles. The number of pyridine rings is 1. The molecule has 3 heterocycles. The summed E-state index contributed by atoms with van der Waals surface area (Å²) in [7, 11) is 0. The third-order valence-corrected chi connectivity index (χ3v) is 5.86. The molecule has 0 saturated carbocycles. The van der Waals surface area contributed by atoms with E-state index in [4.69, 9.17) is 16.6 Å². The van der Waals surface area contributed by atoms with Gasteiger partial charge < -0.3 is 9.47 Å². The molecule has 29 heavy (non-hydrogen) atoms. The summed E-state index contributed by atoms with van der Waals surface area (Å²) in [6.07, 6.45) is 1.78. The van der Waals surface area contributed by atoms with Crippen molar-refractivity contribution in [1.82, 2.24) is 9.55 Å². The molecule has 1 aliphatic heterocycles. The molecule has 5 rings (SSSR count). The molecular weight excluding hydrogens is 392 g/mol. The highest BCUT2D eigenvalue weighted by molar-refractivity contribution is 6.30. The monoisotopic (exact) mass is 411 g/mol. The van der Waals surface area contributed by atoms with E-state index >= 15 is 0 Å². The first-order chi connectivity index (χ1) is 14.0. The van der Waals surface area contributed by atoms with Crippen molar-refractivity contribution < 1.29 is 8.78 Å². The normalized spacial score (nSPS) is 16.6. The van der Waals surface area contributed by atoms with Crippen LogP contribution < -0.4 is 4.90 Å². The molecule has 3 nitrogen and oxygen atoms in total. The summed E-state index contributed by atoms with van der Waals surface area (Å²) in [4.78, 5) is 6.85. The Hall–Kier alpha value is -2.66. The van der Waals surface area contributed by atoms with E-state index in [1.807, 2.05) is 53.6 Å². The lowest BCUT2D eigenvalue weighted by atomic mass is 10.1. The van der Waals surface area contributed by atoms with Crippen LogP contribution in [0.2, 0.25) is 5.02 Å². The van der Waals surface area contributed by atoms with Gasteiger partial charge in [0.25, 0.3) is 5.92 Å². The molecule has 148 valence electrons. The topological polar surface area (TPSA) is 21.1 Å². The minimum atomic E-state index is -2.58. The third kappa shape index (κ3) is 3.44. The minimum absolute atomic E-state index is 0.133. The second-order valence-electron chi connectivity index (χ2n) is 7.63. The molecule has 0 N–H and O–H groups in total. The minimum Gasteiger partial charge on any atom is -0.356 e. The zero-order valence-corrected chi connectivity index (χ0v) is 16.5. The van der Waals surface area contributed by atoms with Crippen LogP contribution in [-0.2, 0) is 6.54 Å². The van der Waals surface area contributed by atoms with Crippen LogP contribution in [0.15, 0.2) is 60.8 Å². The standard InChI is InChI=1S/C23H20ClF2N3/c24-17-5-3-4-16(14-17)15-29-11-8-19-21(29)18-6-1-2-7-20(18)27-22(19)28-12-9-23(25,26)10-13-28/h1-8,11,14H,9-10,12-13,15H2. The molecule has 0 bridgehead atoms. The summed E-state index contributed by atoms with van der Waals surface area (Å²) in [5.41, 5.74) is 3.05. The number of benzene rings is 2. The largest absolute Gasteiger partial charge is 0.356 e. The maximum absolute atomic E-state index is 13.7. The SMILES string of the molecule is FC1(F)CCN(c2nc3ccccc3c3c2ccn3Cc2cccc(Cl)c2)CC1. The molecule has 2 aromatic heterocycles. The van der Waals surface area contributed by atoms with Crippen LogP contribution in [0.5, 0.6) is 0 Å². The molecule has 1 saturated heterocycles. The number of halogens is 3. The Labute approximate surface area is 172 Å². The van der Waals surface area contributed by atoms with Crippen molar-refractivity contribution in [3.8, 4) is 0 Å². The van der Waals surface area contributed by atoms with Gasteiger partial charge in [0.15, 0.2) is 0 Å². The van der Waals surface area contributed by atoms with Crippen LogP contribution in [0.1, 0.15) is 18.4 Å². The van der Waals surface area contributed by atoms with Crippen molar-refractivity contribution >= 4 is 39.2 Å². The smallest absolute Gasteiger partial charge is 0.251 e. The summed E-state index contributed by atoms with van der Waals surface area (Å²) >= 11 is 6.16. The first kappa shape index (κ1) is 18.4. The van der Waals surface area contributed by atoms with Crippen molar-refractivity contribution in [3.05, 3.63) is 71.4 Å². The van der Waals surface area contributed by atoms with Gasteiger partial charge in [0.2, 0.25) is 0 Å². The maximum atomic E-state index is 13.7. The van der Waals surface area contributed by atoms with Crippen molar-refractivity contribution in [2.24, 2.45) is 0 Å². The van der Waals surface area contributed by atoms with Gasteiger partial charge in [-0.2, -0.15) is 0 Å². The lowest BCUT2D eigenvalue weighted by Gasteiger charge is -2.33. The zero-order chi connectivity index (χ0) is 20.0. The molecule has 0 unspecified atom stereocenters. The number of fused-ring (bicyclic) bond motifs is 3. The Kier molecular flexibility index (Phi) is 4.43. The lowest BCUT2D eigenvalue weighted by molar-refractivity contribution is -0.0221. The first-order valence-electron chi connectivity index (χ1n) is 9.75. The van der Waals surface area contributed by atoms with Crippen molar-refractivity contribution in [3.63, 3.8) is 0 Å². The summed E-state index contributed by atoms with van der Waals surface area (Å²) in [6, 6.07) is 17.9. The number of para-hydroxylation sites is 1. The van der Waals surface area contributed by atoms with E-state index in [9.17, 15) is 8.78 Å². The Morgan fingerprint density at radius 2 is 1.76 bits per heavy atom. The third-order valence-electron chi connectivity index (χ3n) is 5.63. The number of hydrogen-bond donors (Lipinski definition) is 0. The number of anilines is 1. The zero-order valence-electron chi connectivity index (χ0n) is 15.8. The van der Waals surface area contributed by atoms with E-state index < -0.39 is 5.92 Å². The lowest BCUT2D eigenvalue weighted by Crippen LogP contribution is -2.39. The number of rotatable bonds is 3. The number of alkyl halides is 2. The van der Waals surface area contributed by atoms with Crippen LogP contribution in [0.3, 0.4) is 0 Å². The van der Waals surface area contributed by atoms with Gasteiger partial charge >= 0.3 is 0 Å². The highest BCUT2D eigenvalue weighted by Gasteiger charge is 2.35. The Morgan fingerprint density at radius 1 is 0.966 bits per heavy atom. The number of piperidine rings is 1. The molecule has 1 fully saturated rings. The highest BCUT2D eigenvalue weighted by Crippen LogP contribution is 2.36. The van der Waals surface area contributed by atoms with Gasteiger partial charge in [0.1, 0.15) is 5.82 Å². The van der Waals surface area contributed by atoms with E-state index in [0.717, 1.165) is 33.2 Å². The highest BCUT2D eigenvalue weighted by atomic mass is 35.5. The van der Waals surface area contributed by atoms with Crippen molar-refractivity contribution in [2.75, 3.05) is 18.0 Å². The van der Waals surface area contributed by atoms with Crippen LogP contribution in [0.4, 0.5) is 14.6 Å². The molecule has 0 amide bonds. The summed E-state index contributed by atoms with van der Waals surface area (Å²) in [5.74, 6) is -1.79. The molecule has 0 spiro atoms. The average molecular weight is 412 g/mol. The van der Waals surface area contributed by atoms with Crippen LogP contribution >= 0.6 is 11.6 Å². The van der Waals surface area contributed by atoms with E-state index in [0.29, 0.717) is 24.7 Å². The number of nitrogens with zero attached hydrogens (tertiary/aromatic N) is 3. The van der Waals surface area contributed by atoms with E-state index in [1.54, 1.807) is 0 Å². The number of hydrogen-bond acceptors (Lipinski definition) is 2. The fraction of sp³-hybridized carbons (Fsp3) is 0.261. The van der Waals surface area contributed by atoms with E-state index in [2.05, 4.69) is 16.7 Å². The van der Waals surface area contributed by atoms with Gasteiger partial charge in [-0.25, -0.2) is 13.8 Å². The first-order valence-corrected chi connectivity index (χ1v) is 10.1. The number of aromatic nitrogens is 2. The van der Waals surface area contributed by atoms with Gasteiger partial charge in [-0.15, -0.1) is 0 Å². The maximum Gasteiger partial charge on any atom is 0.251 e. The summed E-state index contributed by atoms with van der Waals surface area (Å²) in [5, 5.41) is 2.76. The van der Waals surface area contributed by atoms with Crippen LogP contribution in [-0.4, -0.2) is 28.6 Å². The van der Waals surface area contributed by atoms with Gasteiger partial charge in [0, 0.05) is 54.5 Å². The van der Waals surface area contributed by atoms with Crippen LogP contribution in [0, 0.1) is 0 Å². The van der Waals surface area contributed by atoms with Crippen molar-refractivity contribution in [1.29, 1.82) is 0 Å². The molecule has 0 radical (unpaired) electrons. The van der Waals surface area contributed by atoms with Gasteiger partial charge in [-0.1, -0.05) is 41.9 Å². The molecule has 0 atom stereocenters. The van der Waals surface area contributed by atoms with Crippen molar-refractivity contribution in [2.45, 2.75) is 25.3 Å². The fourth-order valence-electron chi connectivity index (χ4n) is 4.15. The summed E-state index contributed by atoms with van der Waals surface area (Å²) in [6.45, 7) is 1.30. The fourth-order valence-corrected chi connectivity index (χ4v) is 4.36. The predicted molar refractivity (Wildman–Crippen MR) is 114 cm³/mol. The Bertz CT molecular complexity index is 1190. The molecule has 4 aromatic rings. The van der Waals surface area contributed by atoms with E-state index in [1.165, 1.54) is 0 Å².